The highest BCUT2D eigenvalue weighted by molar-refractivity contribution is 8.02. The van der Waals surface area contributed by atoms with Gasteiger partial charge in [0.15, 0.2) is 0 Å². The Balaban J connectivity index is 2.95. The van der Waals surface area contributed by atoms with Crippen LogP contribution in [0, 0.1) is 0 Å². The fourth-order valence-corrected chi connectivity index (χ4v) is 1.28. The van der Waals surface area contributed by atoms with Gasteiger partial charge in [-0.25, -0.2) is 0 Å². The van der Waals surface area contributed by atoms with Crippen LogP contribution in [0.15, 0.2) is 11.6 Å². The van der Waals surface area contributed by atoms with E-state index in [0.717, 1.165) is 31.2 Å². The first kappa shape index (κ1) is 13.8. The fraction of sp³-hybridized carbons (Fsp3) is 0.818. The van der Waals surface area contributed by atoms with Crippen molar-refractivity contribution in [3.05, 3.63) is 11.6 Å². The average molecular weight is 217 g/mol. The van der Waals surface area contributed by atoms with Crippen LogP contribution >= 0.6 is 11.8 Å². The molecule has 0 spiro atoms. The van der Waals surface area contributed by atoms with Crippen molar-refractivity contribution in [3.8, 4) is 0 Å². The van der Waals surface area contributed by atoms with Crippen LogP contribution < -0.4 is 5.32 Å². The Hall–Kier alpha value is -0.150. The zero-order chi connectivity index (χ0) is 10.6. The first-order chi connectivity index (χ1) is 6.81. The second-order valence-corrected chi connectivity index (χ2v) is 4.13. The second-order valence-electron chi connectivity index (χ2n) is 3.23. The summed E-state index contributed by atoms with van der Waals surface area (Å²) in [5.41, 5.74) is 0. The summed E-state index contributed by atoms with van der Waals surface area (Å²) in [5.74, 6) is 0. The molecule has 0 aliphatic carbocycles. The molecule has 84 valence electrons. The summed E-state index contributed by atoms with van der Waals surface area (Å²) in [6, 6.07) is 0. The first-order valence-corrected chi connectivity index (χ1v) is 6.58. The zero-order valence-corrected chi connectivity index (χ0v) is 10.3. The molecule has 0 aromatic rings. The normalized spacial score (nSPS) is 10.1. The van der Waals surface area contributed by atoms with Crippen LogP contribution in [0.3, 0.4) is 0 Å². The van der Waals surface area contributed by atoms with E-state index < -0.39 is 0 Å². The van der Waals surface area contributed by atoms with E-state index >= 15 is 0 Å². The standard InChI is InChI=1S/C11H23NOS/c1-4-5-6-9-13-10-7-8-12-11(2)14-3/h12H,2,4-10H2,1,3H3. The molecule has 1 N–H and O–H groups in total. The van der Waals surface area contributed by atoms with Crippen molar-refractivity contribution in [3.63, 3.8) is 0 Å². The third-order valence-electron chi connectivity index (χ3n) is 1.93. The molecule has 0 radical (unpaired) electrons. The Morgan fingerprint density at radius 3 is 2.64 bits per heavy atom. The van der Waals surface area contributed by atoms with Crippen molar-refractivity contribution >= 4 is 11.8 Å². The minimum Gasteiger partial charge on any atom is -0.381 e. The predicted octanol–water partition coefficient (Wildman–Crippen LogP) is 3.01. The third kappa shape index (κ3) is 9.93. The zero-order valence-electron chi connectivity index (χ0n) is 9.47. The monoisotopic (exact) mass is 217 g/mol. The topological polar surface area (TPSA) is 21.3 Å². The van der Waals surface area contributed by atoms with Gasteiger partial charge in [0.2, 0.25) is 0 Å². The minimum absolute atomic E-state index is 0.859. The molecule has 0 aliphatic rings. The van der Waals surface area contributed by atoms with Crippen LogP contribution in [0.1, 0.15) is 32.6 Å². The van der Waals surface area contributed by atoms with Crippen molar-refractivity contribution in [2.45, 2.75) is 32.6 Å². The first-order valence-electron chi connectivity index (χ1n) is 5.35. The SMILES string of the molecule is C=C(NCCCOCCCCC)SC. The number of hydrogen-bond acceptors (Lipinski definition) is 3. The Morgan fingerprint density at radius 2 is 2.00 bits per heavy atom. The average Bonchev–Trinajstić information content (AvgIpc) is 2.21. The second kappa shape index (κ2) is 10.9. The van der Waals surface area contributed by atoms with E-state index in [1.54, 1.807) is 11.8 Å². The highest BCUT2D eigenvalue weighted by atomic mass is 32.2. The minimum atomic E-state index is 0.859. The van der Waals surface area contributed by atoms with Crippen molar-refractivity contribution < 1.29 is 4.74 Å². The number of hydrogen-bond donors (Lipinski definition) is 1. The maximum atomic E-state index is 5.47. The van der Waals surface area contributed by atoms with Gasteiger partial charge < -0.3 is 10.1 Å². The molecule has 0 unspecified atom stereocenters. The van der Waals surface area contributed by atoms with Crippen molar-refractivity contribution in [2.75, 3.05) is 26.0 Å². The van der Waals surface area contributed by atoms with E-state index in [4.69, 9.17) is 4.74 Å². The largest absolute Gasteiger partial charge is 0.381 e. The van der Waals surface area contributed by atoms with Gasteiger partial charge in [0, 0.05) is 19.8 Å². The molecule has 0 amide bonds. The van der Waals surface area contributed by atoms with Gasteiger partial charge in [-0.15, -0.1) is 11.8 Å². The van der Waals surface area contributed by atoms with Gasteiger partial charge in [-0.1, -0.05) is 26.3 Å². The lowest BCUT2D eigenvalue weighted by molar-refractivity contribution is 0.128. The summed E-state index contributed by atoms with van der Waals surface area (Å²) in [6.07, 6.45) is 6.82. The van der Waals surface area contributed by atoms with E-state index in [9.17, 15) is 0 Å². The molecule has 0 aliphatic heterocycles. The highest BCUT2D eigenvalue weighted by Gasteiger charge is 1.91. The van der Waals surface area contributed by atoms with E-state index in [0.29, 0.717) is 0 Å². The molecule has 0 atom stereocenters. The van der Waals surface area contributed by atoms with E-state index in [1.807, 2.05) is 6.26 Å². The number of thioether (sulfide) groups is 1. The molecule has 2 nitrogen and oxygen atoms in total. The molecular formula is C11H23NOS. The number of ether oxygens (including phenoxy) is 1. The van der Waals surface area contributed by atoms with Gasteiger partial charge in [-0.2, -0.15) is 0 Å². The van der Waals surface area contributed by atoms with E-state index in [2.05, 4.69) is 18.8 Å². The fourth-order valence-electron chi connectivity index (χ4n) is 1.03. The maximum absolute atomic E-state index is 5.47. The van der Waals surface area contributed by atoms with Crippen LogP contribution in [0.4, 0.5) is 0 Å². The van der Waals surface area contributed by atoms with Crippen LogP contribution in [0.2, 0.25) is 0 Å². The molecule has 0 rings (SSSR count). The smallest absolute Gasteiger partial charge is 0.0605 e. The lowest BCUT2D eigenvalue weighted by atomic mass is 10.3. The van der Waals surface area contributed by atoms with Gasteiger partial charge in [0.05, 0.1) is 5.03 Å². The molecule has 0 aromatic heterocycles. The predicted molar refractivity (Wildman–Crippen MR) is 65.6 cm³/mol. The maximum Gasteiger partial charge on any atom is 0.0605 e. The number of rotatable bonds is 10. The summed E-state index contributed by atoms with van der Waals surface area (Å²) in [7, 11) is 0. The van der Waals surface area contributed by atoms with E-state index in [1.165, 1.54) is 19.3 Å². The highest BCUT2D eigenvalue weighted by Crippen LogP contribution is 2.02. The van der Waals surface area contributed by atoms with Crippen molar-refractivity contribution in [1.29, 1.82) is 0 Å². The third-order valence-corrected chi connectivity index (χ3v) is 2.56. The molecular weight excluding hydrogens is 194 g/mol. The van der Waals surface area contributed by atoms with Gasteiger partial charge in [-0.05, 0) is 19.1 Å². The van der Waals surface area contributed by atoms with Gasteiger partial charge in [0.1, 0.15) is 0 Å². The lowest BCUT2D eigenvalue weighted by Crippen LogP contribution is -2.13. The van der Waals surface area contributed by atoms with Crippen LogP contribution in [0.25, 0.3) is 0 Å². The van der Waals surface area contributed by atoms with Gasteiger partial charge in [0.25, 0.3) is 0 Å². The van der Waals surface area contributed by atoms with Crippen molar-refractivity contribution in [2.24, 2.45) is 0 Å². The number of unbranched alkanes of at least 4 members (excludes halogenated alkanes) is 2. The summed E-state index contributed by atoms with van der Waals surface area (Å²) >= 11 is 1.65. The Morgan fingerprint density at radius 1 is 1.29 bits per heavy atom. The Kier molecular flexibility index (Phi) is 10.8. The molecule has 0 heterocycles. The molecule has 3 heteroatoms. The van der Waals surface area contributed by atoms with Gasteiger partial charge >= 0.3 is 0 Å². The summed E-state index contributed by atoms with van der Waals surface area (Å²) in [6.45, 7) is 8.79. The Labute approximate surface area is 92.5 Å². The molecule has 0 aromatic carbocycles. The molecule has 14 heavy (non-hydrogen) atoms. The quantitative estimate of drug-likeness (QED) is 0.568. The summed E-state index contributed by atoms with van der Waals surface area (Å²) < 4.78 is 5.47. The number of nitrogens with one attached hydrogen (secondary N) is 1. The molecule has 0 saturated heterocycles. The van der Waals surface area contributed by atoms with Crippen molar-refractivity contribution in [1.82, 2.24) is 5.32 Å². The van der Waals surface area contributed by atoms with Gasteiger partial charge in [-0.3, -0.25) is 0 Å². The van der Waals surface area contributed by atoms with Crippen LogP contribution in [0.5, 0.6) is 0 Å². The van der Waals surface area contributed by atoms with Crippen LogP contribution in [-0.2, 0) is 4.74 Å². The van der Waals surface area contributed by atoms with E-state index in [-0.39, 0.29) is 0 Å². The Bertz CT molecular complexity index is 139. The molecule has 0 bridgehead atoms. The summed E-state index contributed by atoms with van der Waals surface area (Å²) in [5, 5.41) is 4.26. The summed E-state index contributed by atoms with van der Waals surface area (Å²) in [4.78, 5) is 0. The van der Waals surface area contributed by atoms with Crippen LogP contribution in [-0.4, -0.2) is 26.0 Å². The molecule has 0 saturated carbocycles. The lowest BCUT2D eigenvalue weighted by Gasteiger charge is -2.07. The molecule has 0 fully saturated rings.